The van der Waals surface area contributed by atoms with Gasteiger partial charge in [0.25, 0.3) is 0 Å². The second-order valence-electron chi connectivity index (χ2n) is 5.49. The van der Waals surface area contributed by atoms with Gasteiger partial charge >= 0.3 is 0 Å². The molecule has 0 bridgehead atoms. The molecule has 0 radical (unpaired) electrons. The van der Waals surface area contributed by atoms with Gasteiger partial charge in [-0.25, -0.2) is 0 Å². The molecule has 0 amide bonds. The predicted molar refractivity (Wildman–Crippen MR) is 89.4 cm³/mol. The summed E-state index contributed by atoms with van der Waals surface area (Å²) in [6.07, 6.45) is 1.84. The van der Waals surface area contributed by atoms with Crippen LogP contribution >= 0.6 is 11.6 Å². The van der Waals surface area contributed by atoms with E-state index in [2.05, 4.69) is 19.1 Å². The molecule has 0 aliphatic heterocycles. The molecule has 1 atom stereocenters. The maximum atomic E-state index is 6.18. The molecule has 2 nitrogen and oxygen atoms in total. The molecule has 2 rings (SSSR count). The molecule has 1 unspecified atom stereocenters. The van der Waals surface area contributed by atoms with Gasteiger partial charge in [-0.2, -0.15) is 0 Å². The van der Waals surface area contributed by atoms with E-state index < -0.39 is 0 Å². The van der Waals surface area contributed by atoms with E-state index >= 15 is 0 Å². The minimum absolute atomic E-state index is 0.195. The topological polar surface area (TPSA) is 35.2 Å². The van der Waals surface area contributed by atoms with Crippen molar-refractivity contribution in [2.75, 3.05) is 0 Å². The van der Waals surface area contributed by atoms with Crippen molar-refractivity contribution in [1.29, 1.82) is 0 Å². The first-order valence-electron chi connectivity index (χ1n) is 7.28. The smallest absolute Gasteiger partial charge is 0.128 e. The van der Waals surface area contributed by atoms with E-state index in [1.807, 2.05) is 38.1 Å². The molecule has 0 aliphatic carbocycles. The molecule has 0 saturated heterocycles. The molecule has 0 aliphatic rings. The van der Waals surface area contributed by atoms with Crippen LogP contribution in [0.15, 0.2) is 36.4 Å². The van der Waals surface area contributed by atoms with E-state index in [0.29, 0.717) is 0 Å². The van der Waals surface area contributed by atoms with Gasteiger partial charge in [-0.15, -0.1) is 0 Å². The van der Waals surface area contributed by atoms with Crippen LogP contribution in [0, 0.1) is 13.8 Å². The number of nitrogens with two attached hydrogens (primary N) is 1. The van der Waals surface area contributed by atoms with Crippen LogP contribution in [-0.2, 0) is 6.42 Å². The Morgan fingerprint density at radius 2 is 1.76 bits per heavy atom. The molecule has 2 aromatic rings. The molecular weight excluding hydrogens is 282 g/mol. The Kier molecular flexibility index (Phi) is 5.27. The Hall–Kier alpha value is -1.51. The van der Waals surface area contributed by atoms with Crippen LogP contribution in [0.5, 0.6) is 11.5 Å². The Labute approximate surface area is 131 Å². The van der Waals surface area contributed by atoms with Crippen LogP contribution in [0.25, 0.3) is 0 Å². The van der Waals surface area contributed by atoms with Gasteiger partial charge in [-0.3, -0.25) is 0 Å². The van der Waals surface area contributed by atoms with E-state index in [0.717, 1.165) is 40.5 Å². The van der Waals surface area contributed by atoms with Crippen LogP contribution < -0.4 is 10.5 Å². The third-order valence-corrected chi connectivity index (χ3v) is 4.16. The standard InChI is InChI=1S/C18H22ClNO/c1-4-15(20)10-14-6-5-7-16(11-14)21-17-8-12(2)18(19)13(3)9-17/h5-9,11,15H,4,10,20H2,1-3H3. The number of halogens is 1. The Morgan fingerprint density at radius 3 is 2.38 bits per heavy atom. The van der Waals surface area contributed by atoms with E-state index in [9.17, 15) is 0 Å². The van der Waals surface area contributed by atoms with E-state index in [-0.39, 0.29) is 6.04 Å². The zero-order valence-corrected chi connectivity index (χ0v) is 13.6. The predicted octanol–water partition coefficient (Wildman–Crippen LogP) is 5.03. The number of benzene rings is 2. The van der Waals surface area contributed by atoms with Crippen molar-refractivity contribution in [2.24, 2.45) is 5.73 Å². The third kappa shape index (κ3) is 4.23. The zero-order chi connectivity index (χ0) is 15.4. The molecule has 0 aromatic heterocycles. The van der Waals surface area contributed by atoms with Crippen LogP contribution in [0.2, 0.25) is 5.02 Å². The van der Waals surface area contributed by atoms with Crippen molar-refractivity contribution < 1.29 is 4.74 Å². The van der Waals surface area contributed by atoms with Crippen molar-refractivity contribution in [2.45, 2.75) is 39.7 Å². The highest BCUT2D eigenvalue weighted by molar-refractivity contribution is 6.32. The van der Waals surface area contributed by atoms with Crippen LogP contribution in [0.4, 0.5) is 0 Å². The molecule has 3 heteroatoms. The quantitative estimate of drug-likeness (QED) is 0.841. The minimum Gasteiger partial charge on any atom is -0.457 e. The summed E-state index contributed by atoms with van der Waals surface area (Å²) in [4.78, 5) is 0. The monoisotopic (exact) mass is 303 g/mol. The average Bonchev–Trinajstić information content (AvgIpc) is 2.45. The largest absolute Gasteiger partial charge is 0.457 e. The highest BCUT2D eigenvalue weighted by Gasteiger charge is 2.06. The van der Waals surface area contributed by atoms with Crippen LogP contribution in [0.1, 0.15) is 30.0 Å². The maximum Gasteiger partial charge on any atom is 0.128 e. The van der Waals surface area contributed by atoms with Crippen LogP contribution in [0.3, 0.4) is 0 Å². The molecule has 0 heterocycles. The van der Waals surface area contributed by atoms with Crippen molar-refractivity contribution in [3.8, 4) is 11.5 Å². The SMILES string of the molecule is CCC(N)Cc1cccc(Oc2cc(C)c(Cl)c(C)c2)c1. The normalized spacial score (nSPS) is 12.2. The molecule has 112 valence electrons. The number of hydrogen-bond donors (Lipinski definition) is 1. The summed E-state index contributed by atoms with van der Waals surface area (Å²) in [6.45, 7) is 6.07. The minimum atomic E-state index is 0.195. The molecular formula is C18H22ClNO. The van der Waals surface area contributed by atoms with E-state index in [1.54, 1.807) is 0 Å². The lowest BCUT2D eigenvalue weighted by molar-refractivity contribution is 0.480. The number of hydrogen-bond acceptors (Lipinski definition) is 2. The number of rotatable bonds is 5. The van der Waals surface area contributed by atoms with Crippen LogP contribution in [-0.4, -0.2) is 6.04 Å². The maximum absolute atomic E-state index is 6.18. The first-order valence-corrected chi connectivity index (χ1v) is 7.66. The van der Waals surface area contributed by atoms with Gasteiger partial charge in [0.05, 0.1) is 0 Å². The average molecular weight is 304 g/mol. The van der Waals surface area contributed by atoms with Gasteiger partial charge in [0, 0.05) is 11.1 Å². The van der Waals surface area contributed by atoms with Crippen molar-refractivity contribution in [3.63, 3.8) is 0 Å². The fraction of sp³-hybridized carbons (Fsp3) is 0.333. The second kappa shape index (κ2) is 6.97. The second-order valence-corrected chi connectivity index (χ2v) is 5.87. The summed E-state index contributed by atoms with van der Waals surface area (Å²) in [6, 6.07) is 12.2. The summed E-state index contributed by atoms with van der Waals surface area (Å²) in [5.74, 6) is 1.64. The highest BCUT2D eigenvalue weighted by Crippen LogP contribution is 2.29. The van der Waals surface area contributed by atoms with E-state index in [1.165, 1.54) is 5.56 Å². The van der Waals surface area contributed by atoms with Gasteiger partial charge in [-0.1, -0.05) is 30.7 Å². The zero-order valence-electron chi connectivity index (χ0n) is 12.8. The first-order chi connectivity index (χ1) is 9.99. The fourth-order valence-electron chi connectivity index (χ4n) is 2.28. The molecule has 0 fully saturated rings. The molecule has 0 spiro atoms. The van der Waals surface area contributed by atoms with Gasteiger partial charge in [-0.05, 0) is 67.6 Å². The van der Waals surface area contributed by atoms with Crippen molar-refractivity contribution in [3.05, 3.63) is 58.1 Å². The summed E-state index contributed by atoms with van der Waals surface area (Å²) >= 11 is 6.18. The number of aryl methyl sites for hydroxylation is 2. The first kappa shape index (κ1) is 15.9. The van der Waals surface area contributed by atoms with Crippen molar-refractivity contribution in [1.82, 2.24) is 0 Å². The van der Waals surface area contributed by atoms with E-state index in [4.69, 9.17) is 22.1 Å². The molecule has 0 saturated carbocycles. The summed E-state index contributed by atoms with van der Waals surface area (Å²) in [5.41, 5.74) is 9.25. The van der Waals surface area contributed by atoms with Crippen molar-refractivity contribution >= 4 is 11.6 Å². The lowest BCUT2D eigenvalue weighted by Gasteiger charge is -2.12. The Bertz CT molecular complexity index is 601. The summed E-state index contributed by atoms with van der Waals surface area (Å²) < 4.78 is 5.95. The molecule has 21 heavy (non-hydrogen) atoms. The lowest BCUT2D eigenvalue weighted by atomic mass is 10.0. The third-order valence-electron chi connectivity index (χ3n) is 3.57. The van der Waals surface area contributed by atoms with Gasteiger partial charge in [0.1, 0.15) is 11.5 Å². The molecule has 2 N–H and O–H groups in total. The van der Waals surface area contributed by atoms with Gasteiger partial charge < -0.3 is 10.5 Å². The van der Waals surface area contributed by atoms with Gasteiger partial charge in [0.15, 0.2) is 0 Å². The number of ether oxygens (including phenoxy) is 1. The highest BCUT2D eigenvalue weighted by atomic mass is 35.5. The summed E-state index contributed by atoms with van der Waals surface area (Å²) in [7, 11) is 0. The van der Waals surface area contributed by atoms with Gasteiger partial charge in [0.2, 0.25) is 0 Å². The summed E-state index contributed by atoms with van der Waals surface area (Å²) in [5, 5.41) is 0.796. The Balaban J connectivity index is 2.18. The molecule has 2 aromatic carbocycles. The Morgan fingerprint density at radius 1 is 1.10 bits per heavy atom. The fourth-order valence-corrected chi connectivity index (χ4v) is 2.39. The lowest BCUT2D eigenvalue weighted by Crippen LogP contribution is -2.21.